The third-order valence-electron chi connectivity index (χ3n) is 5.33. The van der Waals surface area contributed by atoms with Gasteiger partial charge in [-0.3, -0.25) is 4.79 Å². The van der Waals surface area contributed by atoms with Gasteiger partial charge in [-0.25, -0.2) is 0 Å². The molecule has 0 spiro atoms. The minimum absolute atomic E-state index is 0.0623. The van der Waals surface area contributed by atoms with E-state index in [4.69, 9.17) is 15.2 Å². The first-order chi connectivity index (χ1) is 15.1. The van der Waals surface area contributed by atoms with Crippen LogP contribution in [-0.4, -0.2) is 5.97 Å². The van der Waals surface area contributed by atoms with E-state index < -0.39 is 0 Å². The van der Waals surface area contributed by atoms with Crippen LogP contribution in [0.3, 0.4) is 0 Å². The summed E-state index contributed by atoms with van der Waals surface area (Å²) in [6.45, 7) is 2.10. The standard InChI is InChI=1S/C26H22N2O3/c1-2-17-8-10-19(11-9-17)25-21-13-12-20(15-23(21)31-26(28)22(25)16-27)30-24(29)14-18-6-4-3-5-7-18/h3-13,15,25H,2,14,28H2,1H3. The van der Waals surface area contributed by atoms with E-state index in [0.29, 0.717) is 17.1 Å². The lowest BCUT2D eigenvalue weighted by molar-refractivity contribution is -0.133. The third-order valence-corrected chi connectivity index (χ3v) is 5.33. The van der Waals surface area contributed by atoms with Crippen molar-refractivity contribution in [1.29, 1.82) is 5.26 Å². The molecule has 0 saturated carbocycles. The molecule has 1 aliphatic heterocycles. The molecule has 0 aliphatic carbocycles. The maximum atomic E-state index is 12.3. The van der Waals surface area contributed by atoms with Crippen molar-refractivity contribution < 1.29 is 14.3 Å². The number of hydrogen-bond donors (Lipinski definition) is 1. The summed E-state index contributed by atoms with van der Waals surface area (Å²) in [6, 6.07) is 24.9. The molecule has 1 unspecified atom stereocenters. The van der Waals surface area contributed by atoms with Gasteiger partial charge in [-0.1, -0.05) is 67.6 Å². The van der Waals surface area contributed by atoms with Gasteiger partial charge in [-0.2, -0.15) is 5.26 Å². The van der Waals surface area contributed by atoms with Crippen LogP contribution in [0.15, 0.2) is 84.3 Å². The first-order valence-electron chi connectivity index (χ1n) is 10.1. The van der Waals surface area contributed by atoms with Crippen molar-refractivity contribution in [3.8, 4) is 17.6 Å². The highest BCUT2D eigenvalue weighted by molar-refractivity contribution is 5.75. The number of esters is 1. The molecule has 1 heterocycles. The predicted molar refractivity (Wildman–Crippen MR) is 117 cm³/mol. The summed E-state index contributed by atoms with van der Waals surface area (Å²) in [7, 11) is 0. The zero-order valence-corrected chi connectivity index (χ0v) is 17.2. The largest absolute Gasteiger partial charge is 0.440 e. The lowest BCUT2D eigenvalue weighted by Crippen LogP contribution is -2.21. The van der Waals surface area contributed by atoms with E-state index in [2.05, 4.69) is 25.1 Å². The van der Waals surface area contributed by atoms with Crippen LogP contribution in [0.25, 0.3) is 0 Å². The summed E-state index contributed by atoms with van der Waals surface area (Å²) >= 11 is 0. The number of allylic oxidation sites excluding steroid dienone is 1. The van der Waals surface area contributed by atoms with Gasteiger partial charge in [0.1, 0.15) is 23.1 Å². The molecular weight excluding hydrogens is 388 g/mol. The SMILES string of the molecule is CCc1ccc(C2C(C#N)=C(N)Oc3cc(OC(=O)Cc4ccccc4)ccc32)cc1. The Morgan fingerprint density at radius 3 is 2.48 bits per heavy atom. The van der Waals surface area contributed by atoms with Crippen molar-refractivity contribution in [2.45, 2.75) is 25.7 Å². The highest BCUT2D eigenvalue weighted by Crippen LogP contribution is 2.43. The number of aryl methyl sites for hydroxylation is 1. The molecule has 0 amide bonds. The van der Waals surface area contributed by atoms with Gasteiger partial charge >= 0.3 is 5.97 Å². The Balaban J connectivity index is 1.62. The van der Waals surface area contributed by atoms with Gasteiger partial charge in [0.05, 0.1) is 12.3 Å². The Morgan fingerprint density at radius 2 is 1.81 bits per heavy atom. The van der Waals surface area contributed by atoms with Crippen LogP contribution in [0.1, 0.15) is 35.1 Å². The van der Waals surface area contributed by atoms with Crippen LogP contribution in [-0.2, 0) is 17.6 Å². The van der Waals surface area contributed by atoms with Gasteiger partial charge in [0.25, 0.3) is 0 Å². The molecule has 0 aromatic heterocycles. The molecule has 3 aromatic carbocycles. The van der Waals surface area contributed by atoms with Crippen molar-refractivity contribution in [2.75, 3.05) is 0 Å². The minimum atomic E-state index is -0.366. The molecule has 0 fully saturated rings. The number of fused-ring (bicyclic) bond motifs is 1. The van der Waals surface area contributed by atoms with Crippen LogP contribution in [0.2, 0.25) is 0 Å². The summed E-state index contributed by atoms with van der Waals surface area (Å²) in [5, 5.41) is 9.70. The topological polar surface area (TPSA) is 85.3 Å². The van der Waals surface area contributed by atoms with Gasteiger partial charge in [0.2, 0.25) is 5.88 Å². The molecule has 4 rings (SSSR count). The molecular formula is C26H22N2O3. The highest BCUT2D eigenvalue weighted by atomic mass is 16.5. The van der Waals surface area contributed by atoms with E-state index in [1.165, 1.54) is 5.56 Å². The number of benzene rings is 3. The van der Waals surface area contributed by atoms with Gasteiger partial charge in [0.15, 0.2) is 0 Å². The van der Waals surface area contributed by atoms with Crippen molar-refractivity contribution in [3.63, 3.8) is 0 Å². The van der Waals surface area contributed by atoms with Crippen molar-refractivity contribution in [1.82, 2.24) is 0 Å². The second kappa shape index (κ2) is 8.76. The molecule has 5 nitrogen and oxygen atoms in total. The van der Waals surface area contributed by atoms with Crippen molar-refractivity contribution >= 4 is 5.97 Å². The minimum Gasteiger partial charge on any atom is -0.440 e. The summed E-state index contributed by atoms with van der Waals surface area (Å²) < 4.78 is 11.2. The second-order valence-electron chi connectivity index (χ2n) is 7.36. The van der Waals surface area contributed by atoms with Crippen molar-refractivity contribution in [2.24, 2.45) is 5.73 Å². The molecule has 31 heavy (non-hydrogen) atoms. The molecule has 154 valence electrons. The number of nitriles is 1. The summed E-state index contributed by atoms with van der Waals surface area (Å²) in [5.74, 6) is 0.204. The number of ether oxygens (including phenoxy) is 2. The van der Waals surface area contributed by atoms with E-state index in [1.807, 2.05) is 48.5 Å². The maximum absolute atomic E-state index is 12.3. The van der Waals surface area contributed by atoms with Gasteiger partial charge < -0.3 is 15.2 Å². The fourth-order valence-electron chi connectivity index (χ4n) is 3.72. The van der Waals surface area contributed by atoms with Crippen LogP contribution in [0.5, 0.6) is 11.5 Å². The van der Waals surface area contributed by atoms with Gasteiger partial charge in [-0.15, -0.1) is 0 Å². The number of carbonyl (C=O) groups excluding carboxylic acids is 1. The average molecular weight is 410 g/mol. The molecule has 0 bridgehead atoms. The van der Waals surface area contributed by atoms with Crippen LogP contribution in [0, 0.1) is 11.3 Å². The molecule has 0 saturated heterocycles. The lowest BCUT2D eigenvalue weighted by Gasteiger charge is -2.26. The van der Waals surface area contributed by atoms with Gasteiger partial charge in [-0.05, 0) is 29.2 Å². The second-order valence-corrected chi connectivity index (χ2v) is 7.36. The summed E-state index contributed by atoms with van der Waals surface area (Å²) in [5.41, 5.74) is 10.3. The number of hydrogen-bond acceptors (Lipinski definition) is 5. The molecule has 5 heteroatoms. The van der Waals surface area contributed by atoms with E-state index in [9.17, 15) is 10.1 Å². The number of nitrogens with zero attached hydrogens (tertiary/aromatic N) is 1. The monoisotopic (exact) mass is 410 g/mol. The molecule has 3 aromatic rings. The van der Waals surface area contributed by atoms with Crippen molar-refractivity contribution in [3.05, 3.63) is 107 Å². The Bertz CT molecular complexity index is 1180. The third kappa shape index (κ3) is 4.29. The number of rotatable bonds is 5. The quantitative estimate of drug-likeness (QED) is 0.490. The Labute approximate surface area is 181 Å². The van der Waals surface area contributed by atoms with E-state index >= 15 is 0 Å². The van der Waals surface area contributed by atoms with E-state index in [0.717, 1.165) is 23.1 Å². The predicted octanol–water partition coefficient (Wildman–Crippen LogP) is 4.62. The number of carbonyl (C=O) groups is 1. The molecule has 2 N–H and O–H groups in total. The fraction of sp³-hybridized carbons (Fsp3) is 0.154. The Hall–Kier alpha value is -4.04. The molecule has 0 radical (unpaired) electrons. The van der Waals surface area contributed by atoms with Crippen LogP contribution >= 0.6 is 0 Å². The van der Waals surface area contributed by atoms with E-state index in [-0.39, 0.29) is 24.2 Å². The van der Waals surface area contributed by atoms with Gasteiger partial charge in [0, 0.05) is 11.6 Å². The fourth-order valence-corrected chi connectivity index (χ4v) is 3.72. The Kier molecular flexibility index (Phi) is 5.72. The first kappa shape index (κ1) is 20.2. The Morgan fingerprint density at radius 1 is 1.06 bits per heavy atom. The van der Waals surface area contributed by atoms with E-state index in [1.54, 1.807) is 12.1 Å². The van der Waals surface area contributed by atoms with Crippen LogP contribution < -0.4 is 15.2 Å². The normalized spacial score (nSPS) is 14.9. The smallest absolute Gasteiger partial charge is 0.315 e. The zero-order valence-electron chi connectivity index (χ0n) is 17.2. The molecule has 1 aliphatic rings. The summed E-state index contributed by atoms with van der Waals surface area (Å²) in [6.07, 6.45) is 1.11. The zero-order chi connectivity index (χ0) is 21.8. The maximum Gasteiger partial charge on any atom is 0.315 e. The molecule has 1 atom stereocenters. The highest BCUT2D eigenvalue weighted by Gasteiger charge is 2.31. The lowest BCUT2D eigenvalue weighted by atomic mass is 9.83. The summed E-state index contributed by atoms with van der Waals surface area (Å²) in [4.78, 5) is 12.3. The first-order valence-corrected chi connectivity index (χ1v) is 10.1. The average Bonchev–Trinajstić information content (AvgIpc) is 2.78. The van der Waals surface area contributed by atoms with Crippen LogP contribution in [0.4, 0.5) is 0 Å². The number of nitrogens with two attached hydrogens (primary N) is 1.